The molecular formula is C17H30ClIN4O. The predicted molar refractivity (Wildman–Crippen MR) is 114 cm³/mol. The molecule has 24 heavy (non-hydrogen) atoms. The Bertz CT molecular complexity index is 495. The number of ether oxygens (including phenoxy) is 1. The Balaban J connectivity index is 0.00000529. The molecule has 1 aromatic rings. The van der Waals surface area contributed by atoms with Crippen molar-refractivity contribution in [2.75, 3.05) is 46.9 Å². The highest BCUT2D eigenvalue weighted by Gasteiger charge is 2.04. The van der Waals surface area contributed by atoms with Gasteiger partial charge in [0.1, 0.15) is 5.75 Å². The molecule has 0 bridgehead atoms. The van der Waals surface area contributed by atoms with Crippen molar-refractivity contribution in [2.24, 2.45) is 4.99 Å². The van der Waals surface area contributed by atoms with E-state index in [1.165, 1.54) is 0 Å². The van der Waals surface area contributed by atoms with Crippen molar-refractivity contribution in [3.63, 3.8) is 0 Å². The largest absolute Gasteiger partial charge is 0.497 e. The first-order valence-corrected chi connectivity index (χ1v) is 8.51. The van der Waals surface area contributed by atoms with Gasteiger partial charge in [-0.05, 0) is 37.2 Å². The highest BCUT2D eigenvalue weighted by Crippen LogP contribution is 2.22. The van der Waals surface area contributed by atoms with E-state index in [-0.39, 0.29) is 24.0 Å². The van der Waals surface area contributed by atoms with E-state index >= 15 is 0 Å². The van der Waals surface area contributed by atoms with Gasteiger partial charge in [-0.2, -0.15) is 0 Å². The molecule has 0 fully saturated rings. The normalized spacial score (nSPS) is 11.2. The Morgan fingerprint density at radius 3 is 2.42 bits per heavy atom. The maximum absolute atomic E-state index is 6.25. The van der Waals surface area contributed by atoms with Crippen LogP contribution in [0.5, 0.6) is 5.75 Å². The van der Waals surface area contributed by atoms with Crippen LogP contribution in [0.2, 0.25) is 5.02 Å². The third-order valence-corrected chi connectivity index (χ3v) is 4.14. The van der Waals surface area contributed by atoms with Crippen LogP contribution in [0.4, 0.5) is 0 Å². The average Bonchev–Trinajstić information content (AvgIpc) is 2.58. The fourth-order valence-corrected chi connectivity index (χ4v) is 2.53. The van der Waals surface area contributed by atoms with Gasteiger partial charge in [0.2, 0.25) is 0 Å². The number of halogens is 2. The second kappa shape index (κ2) is 13.5. The summed E-state index contributed by atoms with van der Waals surface area (Å²) in [7, 11) is 3.42. The van der Waals surface area contributed by atoms with Crippen molar-refractivity contribution in [3.8, 4) is 5.75 Å². The Hall–Kier alpha value is -0.730. The van der Waals surface area contributed by atoms with Gasteiger partial charge in [-0.15, -0.1) is 24.0 Å². The molecule has 0 saturated carbocycles. The van der Waals surface area contributed by atoms with E-state index < -0.39 is 0 Å². The quantitative estimate of drug-likeness (QED) is 0.332. The standard InChI is InChI=1S/C17H29ClN4O.HI/c1-5-22(6-2)12-11-21-17(19-3)20-10-9-14-7-8-15(23-4)13-16(14)18;/h7-8,13H,5-6,9-12H2,1-4H3,(H2,19,20,21);1H. The Morgan fingerprint density at radius 2 is 1.88 bits per heavy atom. The molecule has 2 N–H and O–H groups in total. The molecular weight excluding hydrogens is 439 g/mol. The summed E-state index contributed by atoms with van der Waals surface area (Å²) < 4.78 is 5.16. The van der Waals surface area contributed by atoms with Gasteiger partial charge in [-0.3, -0.25) is 4.99 Å². The van der Waals surface area contributed by atoms with E-state index in [1.54, 1.807) is 14.2 Å². The number of nitrogens with one attached hydrogen (secondary N) is 2. The lowest BCUT2D eigenvalue weighted by molar-refractivity contribution is 0.308. The van der Waals surface area contributed by atoms with Crippen LogP contribution in [-0.2, 0) is 6.42 Å². The number of hydrogen-bond acceptors (Lipinski definition) is 3. The van der Waals surface area contributed by atoms with Gasteiger partial charge in [0.05, 0.1) is 7.11 Å². The average molecular weight is 469 g/mol. The molecule has 0 aromatic heterocycles. The maximum Gasteiger partial charge on any atom is 0.191 e. The first-order chi connectivity index (χ1) is 11.1. The van der Waals surface area contributed by atoms with E-state index in [0.717, 1.165) is 61.4 Å². The maximum atomic E-state index is 6.25. The molecule has 5 nitrogen and oxygen atoms in total. The summed E-state index contributed by atoms with van der Waals surface area (Å²) >= 11 is 6.25. The molecule has 0 saturated heterocycles. The summed E-state index contributed by atoms with van der Waals surface area (Å²) in [6.07, 6.45) is 0.833. The van der Waals surface area contributed by atoms with Crippen molar-refractivity contribution in [2.45, 2.75) is 20.3 Å². The van der Waals surface area contributed by atoms with Crippen molar-refractivity contribution in [3.05, 3.63) is 28.8 Å². The first-order valence-electron chi connectivity index (χ1n) is 8.13. The molecule has 0 aliphatic rings. The minimum Gasteiger partial charge on any atom is -0.497 e. The number of aliphatic imine (C=N–C) groups is 1. The number of likely N-dealkylation sites (N-methyl/N-ethyl adjacent to an activating group) is 1. The number of benzene rings is 1. The molecule has 0 spiro atoms. The highest BCUT2D eigenvalue weighted by atomic mass is 127. The minimum absolute atomic E-state index is 0. The zero-order valence-electron chi connectivity index (χ0n) is 15.1. The molecule has 0 atom stereocenters. The van der Waals surface area contributed by atoms with Gasteiger partial charge in [0.15, 0.2) is 5.96 Å². The first kappa shape index (κ1) is 23.3. The van der Waals surface area contributed by atoms with Crippen LogP contribution in [0.1, 0.15) is 19.4 Å². The summed E-state index contributed by atoms with van der Waals surface area (Å²) in [6, 6.07) is 5.77. The molecule has 0 aliphatic heterocycles. The molecule has 7 heteroatoms. The highest BCUT2D eigenvalue weighted by molar-refractivity contribution is 14.0. The summed E-state index contributed by atoms with van der Waals surface area (Å²) in [5, 5.41) is 7.38. The second-order valence-corrected chi connectivity index (χ2v) is 5.57. The van der Waals surface area contributed by atoms with Crippen molar-refractivity contribution < 1.29 is 4.74 Å². The third-order valence-electron chi connectivity index (χ3n) is 3.79. The van der Waals surface area contributed by atoms with Crippen LogP contribution in [0.25, 0.3) is 0 Å². The number of methoxy groups -OCH3 is 1. The fraction of sp³-hybridized carbons (Fsp3) is 0.588. The predicted octanol–water partition coefficient (Wildman–Crippen LogP) is 3.02. The number of guanidine groups is 1. The van der Waals surface area contributed by atoms with Crippen LogP contribution in [0.15, 0.2) is 23.2 Å². The third kappa shape index (κ3) is 8.39. The lowest BCUT2D eigenvalue weighted by atomic mass is 10.1. The summed E-state index contributed by atoms with van der Waals surface area (Å²) in [4.78, 5) is 6.61. The molecule has 0 heterocycles. The number of rotatable bonds is 9. The Labute approximate surface area is 168 Å². The lowest BCUT2D eigenvalue weighted by Gasteiger charge is -2.19. The van der Waals surface area contributed by atoms with Crippen LogP contribution in [-0.4, -0.2) is 57.7 Å². The van der Waals surface area contributed by atoms with Gasteiger partial charge in [-0.1, -0.05) is 31.5 Å². The minimum atomic E-state index is 0. The molecule has 0 unspecified atom stereocenters. The second-order valence-electron chi connectivity index (χ2n) is 5.16. The topological polar surface area (TPSA) is 48.9 Å². The summed E-state index contributed by atoms with van der Waals surface area (Å²) in [5.74, 6) is 1.60. The van der Waals surface area contributed by atoms with Gasteiger partial charge in [0.25, 0.3) is 0 Å². The van der Waals surface area contributed by atoms with Gasteiger partial charge < -0.3 is 20.3 Å². The van der Waals surface area contributed by atoms with E-state index in [4.69, 9.17) is 16.3 Å². The van der Waals surface area contributed by atoms with Gasteiger partial charge in [0, 0.05) is 31.7 Å². The van der Waals surface area contributed by atoms with Crippen LogP contribution in [0.3, 0.4) is 0 Å². The monoisotopic (exact) mass is 468 g/mol. The lowest BCUT2D eigenvalue weighted by Crippen LogP contribution is -2.42. The van der Waals surface area contributed by atoms with Crippen LogP contribution < -0.4 is 15.4 Å². The summed E-state index contributed by atoms with van der Waals surface area (Å²) in [6.45, 7) is 9.16. The Morgan fingerprint density at radius 1 is 1.21 bits per heavy atom. The molecule has 0 amide bonds. The van der Waals surface area contributed by atoms with Crippen molar-refractivity contribution >= 4 is 41.5 Å². The molecule has 1 aromatic carbocycles. The zero-order chi connectivity index (χ0) is 17.1. The number of hydrogen-bond donors (Lipinski definition) is 2. The SMILES string of the molecule is CCN(CC)CCNC(=NC)NCCc1ccc(OC)cc1Cl.I. The van der Waals surface area contributed by atoms with Gasteiger partial charge >= 0.3 is 0 Å². The van der Waals surface area contributed by atoms with Crippen LogP contribution >= 0.6 is 35.6 Å². The Kier molecular flexibility index (Phi) is 13.1. The van der Waals surface area contributed by atoms with Gasteiger partial charge in [-0.25, -0.2) is 0 Å². The molecule has 0 radical (unpaired) electrons. The zero-order valence-corrected chi connectivity index (χ0v) is 18.1. The molecule has 0 aliphatic carbocycles. The number of nitrogens with zero attached hydrogens (tertiary/aromatic N) is 2. The van der Waals surface area contributed by atoms with E-state index in [9.17, 15) is 0 Å². The molecule has 1 rings (SSSR count). The fourth-order valence-electron chi connectivity index (χ4n) is 2.27. The van der Waals surface area contributed by atoms with E-state index in [1.807, 2.05) is 18.2 Å². The smallest absolute Gasteiger partial charge is 0.191 e. The molecule has 138 valence electrons. The van der Waals surface area contributed by atoms with E-state index in [2.05, 4.69) is 34.4 Å². The van der Waals surface area contributed by atoms with Crippen molar-refractivity contribution in [1.82, 2.24) is 15.5 Å². The van der Waals surface area contributed by atoms with Crippen molar-refractivity contribution in [1.29, 1.82) is 0 Å². The van der Waals surface area contributed by atoms with E-state index in [0.29, 0.717) is 0 Å². The summed E-state index contributed by atoms with van der Waals surface area (Å²) in [5.41, 5.74) is 1.10. The van der Waals surface area contributed by atoms with Crippen LogP contribution in [0, 0.1) is 0 Å².